The maximum absolute atomic E-state index is 6.25. The molecule has 0 spiro atoms. The zero-order valence-corrected chi connectivity index (χ0v) is 27.8. The van der Waals surface area contributed by atoms with Crippen LogP contribution in [0.4, 0.5) is 0 Å². The summed E-state index contributed by atoms with van der Waals surface area (Å²) in [7, 11) is 0. The van der Waals surface area contributed by atoms with Gasteiger partial charge in [0.1, 0.15) is 11.3 Å². The minimum atomic E-state index is 0.679. The van der Waals surface area contributed by atoms with Crippen LogP contribution < -0.4 is 0 Å². The van der Waals surface area contributed by atoms with Crippen molar-refractivity contribution in [1.29, 1.82) is 0 Å². The molecule has 0 fully saturated rings. The largest absolute Gasteiger partial charge is 0.456 e. The van der Waals surface area contributed by atoms with Gasteiger partial charge >= 0.3 is 0 Å². The minimum absolute atomic E-state index is 0.679. The second-order valence-electron chi connectivity index (χ2n) is 12.6. The molecule has 4 heteroatoms. The second kappa shape index (κ2) is 10.8. The van der Waals surface area contributed by atoms with Crippen molar-refractivity contribution in [2.75, 3.05) is 0 Å². The Labute approximate surface area is 287 Å². The SMILES string of the molecule is C=Cc1c(/C=C\C)n(-c2ccccc2)c2ccc3c4ccc5c(c6c(n5-c5ccc7oc8c(c7c5)CC#CC=C8)C=CC=CC6)c4sc3c12. The van der Waals surface area contributed by atoms with Crippen LogP contribution in [0, 0.1) is 11.8 Å². The number of allylic oxidation sites excluding steroid dienone is 5. The summed E-state index contributed by atoms with van der Waals surface area (Å²) >= 11 is 1.91. The van der Waals surface area contributed by atoms with Crippen LogP contribution in [0.25, 0.3) is 88.6 Å². The molecular weight excluding hydrogens is 617 g/mol. The number of hydrogen-bond acceptors (Lipinski definition) is 2. The van der Waals surface area contributed by atoms with Crippen LogP contribution in [0.3, 0.4) is 0 Å². The van der Waals surface area contributed by atoms with E-state index in [1.165, 1.54) is 58.8 Å². The highest BCUT2D eigenvalue weighted by Crippen LogP contribution is 2.47. The fourth-order valence-corrected chi connectivity index (χ4v) is 9.39. The molecule has 0 saturated carbocycles. The first-order valence-electron chi connectivity index (χ1n) is 16.7. The topological polar surface area (TPSA) is 23.0 Å². The van der Waals surface area contributed by atoms with E-state index in [-0.39, 0.29) is 0 Å². The summed E-state index contributed by atoms with van der Waals surface area (Å²) in [6.07, 6.45) is 20.7. The molecule has 4 aromatic carbocycles. The van der Waals surface area contributed by atoms with Crippen molar-refractivity contribution in [3.05, 3.63) is 144 Å². The number of benzene rings is 4. The zero-order valence-electron chi connectivity index (χ0n) is 27.0. The van der Waals surface area contributed by atoms with E-state index in [1.54, 1.807) is 0 Å². The standard InChI is InChI=1S/C45H30N2OS/c1-3-14-36-30(4-2)42-38(46(36)28-15-8-5-9-16-28)24-22-32-33-23-25-39-43(45(33)49-44(32)42)34-18-11-6-12-19-37(34)47(39)29-21-26-41-35(27-29)31-17-10-7-13-20-40(31)48-41/h3-6,8-9,11-16,19-27H,2,17-18H2,1H3/b14-3-. The average molecular weight is 647 g/mol. The lowest BCUT2D eigenvalue weighted by Crippen LogP contribution is -1.97. The van der Waals surface area contributed by atoms with Gasteiger partial charge in [0.2, 0.25) is 0 Å². The van der Waals surface area contributed by atoms with Gasteiger partial charge in [-0.3, -0.25) is 0 Å². The third-order valence-corrected chi connectivity index (χ3v) is 11.3. The minimum Gasteiger partial charge on any atom is -0.456 e. The fourth-order valence-electron chi connectivity index (χ4n) is 7.96. The lowest BCUT2D eigenvalue weighted by molar-refractivity contribution is 0.600. The quantitative estimate of drug-likeness (QED) is 0.175. The number of fused-ring (bicyclic) bond motifs is 12. The summed E-state index contributed by atoms with van der Waals surface area (Å²) < 4.78 is 13.7. The highest BCUT2D eigenvalue weighted by Gasteiger charge is 2.24. The first-order valence-corrected chi connectivity index (χ1v) is 17.5. The number of hydrogen-bond donors (Lipinski definition) is 0. The molecule has 8 aromatic rings. The van der Waals surface area contributed by atoms with Crippen LogP contribution in [0.15, 0.2) is 114 Å². The highest BCUT2D eigenvalue weighted by atomic mass is 32.1. The van der Waals surface area contributed by atoms with Crippen LogP contribution in [0.2, 0.25) is 0 Å². The van der Waals surface area contributed by atoms with Gasteiger partial charge in [0, 0.05) is 65.3 Å². The molecule has 0 atom stereocenters. The molecule has 0 aliphatic heterocycles. The van der Waals surface area contributed by atoms with E-state index in [4.69, 9.17) is 4.42 Å². The molecule has 0 N–H and O–H groups in total. The van der Waals surface area contributed by atoms with Crippen LogP contribution in [-0.4, -0.2) is 9.13 Å². The van der Waals surface area contributed by atoms with Gasteiger partial charge in [-0.2, -0.15) is 0 Å². The number of thiophene rings is 1. The van der Waals surface area contributed by atoms with E-state index >= 15 is 0 Å². The molecule has 232 valence electrons. The predicted octanol–water partition coefficient (Wildman–Crippen LogP) is 12.1. The lowest BCUT2D eigenvalue weighted by atomic mass is 10.0. The average Bonchev–Trinajstić information content (AvgIpc) is 3.74. The van der Waals surface area contributed by atoms with Gasteiger partial charge in [-0.25, -0.2) is 0 Å². The van der Waals surface area contributed by atoms with Crippen molar-refractivity contribution in [3.8, 4) is 23.2 Å². The second-order valence-corrected chi connectivity index (χ2v) is 13.6. The van der Waals surface area contributed by atoms with Crippen LogP contribution in [0.1, 0.15) is 40.8 Å². The van der Waals surface area contributed by atoms with E-state index in [9.17, 15) is 0 Å². The summed E-state index contributed by atoms with van der Waals surface area (Å²) in [6, 6.07) is 26.5. The number of aromatic nitrogens is 2. The molecule has 0 unspecified atom stereocenters. The van der Waals surface area contributed by atoms with Crippen molar-refractivity contribution in [2.24, 2.45) is 0 Å². The Morgan fingerprint density at radius 3 is 2.45 bits per heavy atom. The molecule has 0 radical (unpaired) electrons. The third kappa shape index (κ3) is 3.97. The van der Waals surface area contributed by atoms with Crippen LogP contribution in [-0.2, 0) is 12.8 Å². The Hall–Kier alpha value is -6.02. The lowest BCUT2D eigenvalue weighted by Gasteiger charge is -2.10. The van der Waals surface area contributed by atoms with E-state index in [2.05, 4.69) is 144 Å². The molecule has 0 amide bonds. The molecule has 4 aromatic heterocycles. The van der Waals surface area contributed by atoms with E-state index < -0.39 is 0 Å². The van der Waals surface area contributed by atoms with Gasteiger partial charge < -0.3 is 13.6 Å². The first kappa shape index (κ1) is 28.0. The van der Waals surface area contributed by atoms with Crippen molar-refractivity contribution in [1.82, 2.24) is 9.13 Å². The Kier molecular flexibility index (Phi) is 6.15. The van der Waals surface area contributed by atoms with Crippen molar-refractivity contribution >= 4 is 88.6 Å². The monoisotopic (exact) mass is 646 g/mol. The molecule has 2 aliphatic carbocycles. The van der Waals surface area contributed by atoms with Crippen molar-refractivity contribution in [3.63, 3.8) is 0 Å². The van der Waals surface area contributed by atoms with Gasteiger partial charge in [0.05, 0.1) is 22.4 Å². The maximum Gasteiger partial charge on any atom is 0.135 e. The van der Waals surface area contributed by atoms with Gasteiger partial charge in [-0.05, 0) is 85.7 Å². The number of rotatable bonds is 4. The maximum atomic E-state index is 6.25. The summed E-state index contributed by atoms with van der Waals surface area (Å²) in [5, 5.41) is 6.29. The van der Waals surface area contributed by atoms with Crippen LogP contribution >= 0.6 is 11.3 Å². The predicted molar refractivity (Wildman–Crippen MR) is 210 cm³/mol. The summed E-state index contributed by atoms with van der Waals surface area (Å²) in [5.74, 6) is 7.26. The Balaban J connectivity index is 1.29. The van der Waals surface area contributed by atoms with E-state index in [0.717, 1.165) is 45.8 Å². The zero-order chi connectivity index (χ0) is 32.6. The van der Waals surface area contributed by atoms with Gasteiger partial charge in [0.15, 0.2) is 0 Å². The Morgan fingerprint density at radius 1 is 0.816 bits per heavy atom. The molecule has 10 rings (SSSR count). The molecule has 0 saturated heterocycles. The normalized spacial score (nSPS) is 13.8. The smallest absolute Gasteiger partial charge is 0.135 e. The molecule has 49 heavy (non-hydrogen) atoms. The Bertz CT molecular complexity index is 2900. The Morgan fingerprint density at radius 2 is 1.63 bits per heavy atom. The van der Waals surface area contributed by atoms with E-state index in [0.29, 0.717) is 6.42 Å². The van der Waals surface area contributed by atoms with Gasteiger partial charge in [0.25, 0.3) is 0 Å². The molecule has 3 nitrogen and oxygen atoms in total. The third-order valence-electron chi connectivity index (χ3n) is 10.0. The highest BCUT2D eigenvalue weighted by molar-refractivity contribution is 7.27. The van der Waals surface area contributed by atoms with E-state index in [1.807, 2.05) is 29.6 Å². The molecule has 0 bridgehead atoms. The number of nitrogens with zero attached hydrogens (tertiary/aromatic N) is 2. The van der Waals surface area contributed by atoms with Crippen molar-refractivity contribution < 1.29 is 4.42 Å². The summed E-state index contributed by atoms with van der Waals surface area (Å²) in [6.45, 7) is 6.40. The molecule has 4 heterocycles. The summed E-state index contributed by atoms with van der Waals surface area (Å²) in [5.41, 5.74) is 11.6. The fraction of sp³-hybridized carbons (Fsp3) is 0.0667. The molecular formula is C45H30N2OS. The number of para-hydroxylation sites is 1. The number of furan rings is 1. The van der Waals surface area contributed by atoms with Gasteiger partial charge in [-0.15, -0.1) is 11.3 Å². The van der Waals surface area contributed by atoms with Crippen LogP contribution in [0.5, 0.6) is 0 Å². The van der Waals surface area contributed by atoms with Crippen molar-refractivity contribution in [2.45, 2.75) is 19.8 Å². The molecule has 2 aliphatic rings. The summed E-state index contributed by atoms with van der Waals surface area (Å²) in [4.78, 5) is 0. The first-order chi connectivity index (χ1) is 24.2. The van der Waals surface area contributed by atoms with Gasteiger partial charge in [-0.1, -0.05) is 79.1 Å².